The van der Waals surface area contributed by atoms with Crippen LogP contribution in [-0.4, -0.2) is 38.4 Å². The first kappa shape index (κ1) is 13.2. The molecule has 0 fully saturated rings. The highest BCUT2D eigenvalue weighted by Crippen LogP contribution is 2.18. The van der Waals surface area contributed by atoms with E-state index in [0.717, 1.165) is 0 Å². The number of benzene rings is 1. The van der Waals surface area contributed by atoms with Gasteiger partial charge in [-0.2, -0.15) is 4.79 Å². The molecule has 1 aromatic carbocycles. The van der Waals surface area contributed by atoms with Gasteiger partial charge in [0.15, 0.2) is 0 Å². The zero-order valence-corrected chi connectivity index (χ0v) is 10.6. The van der Waals surface area contributed by atoms with E-state index >= 15 is 0 Å². The van der Waals surface area contributed by atoms with E-state index in [1.54, 1.807) is 24.2 Å². The van der Waals surface area contributed by atoms with Gasteiger partial charge in [0.1, 0.15) is 6.10 Å². The lowest BCUT2D eigenvalue weighted by Crippen LogP contribution is -2.29. The molecule has 2 rings (SSSR count). The van der Waals surface area contributed by atoms with E-state index in [1.165, 1.54) is 16.9 Å². The Balaban J connectivity index is 2.23. The maximum Gasteiger partial charge on any atom is 0.118 e. The molecule has 0 saturated carbocycles. The molecule has 19 heavy (non-hydrogen) atoms. The fourth-order valence-corrected chi connectivity index (χ4v) is 1.68. The number of aliphatic hydroxyl groups excluding tert-OH is 1. The van der Waals surface area contributed by atoms with Gasteiger partial charge in [-0.3, -0.25) is 5.01 Å². The molecule has 100 valence electrons. The van der Waals surface area contributed by atoms with Crippen molar-refractivity contribution < 1.29 is 15.0 Å². The van der Waals surface area contributed by atoms with E-state index in [4.69, 9.17) is 12.6 Å². The van der Waals surface area contributed by atoms with Crippen LogP contribution in [0.4, 0.5) is 5.69 Å². The molecular formula is C10H9N5O3S-2. The van der Waals surface area contributed by atoms with E-state index in [9.17, 15) is 15.0 Å². The van der Waals surface area contributed by atoms with Crippen molar-refractivity contribution in [1.29, 1.82) is 0 Å². The van der Waals surface area contributed by atoms with E-state index in [0.29, 0.717) is 5.69 Å². The Labute approximate surface area is 113 Å². The van der Waals surface area contributed by atoms with Crippen molar-refractivity contribution in [2.24, 2.45) is 0 Å². The van der Waals surface area contributed by atoms with Crippen LogP contribution < -0.4 is 10.1 Å². The van der Waals surface area contributed by atoms with Crippen molar-refractivity contribution in [3.05, 3.63) is 29.8 Å². The molecule has 8 nitrogen and oxygen atoms in total. The Bertz CT molecular complexity index is 585. The van der Waals surface area contributed by atoms with Crippen molar-refractivity contribution in [3.63, 3.8) is 0 Å². The lowest BCUT2D eigenvalue weighted by Gasteiger charge is -2.22. The summed E-state index contributed by atoms with van der Waals surface area (Å²) in [5.74, 6) is -1.55. The van der Waals surface area contributed by atoms with E-state index in [2.05, 4.69) is 15.5 Å². The minimum absolute atomic E-state index is 0.196. The van der Waals surface area contributed by atoms with Crippen molar-refractivity contribution >= 4 is 24.3 Å². The maximum absolute atomic E-state index is 10.5. The van der Waals surface area contributed by atoms with Gasteiger partial charge in [0.05, 0.1) is 16.8 Å². The standard InChI is InChI=1S/C10H11N5O3S/c1-14(15-10(19)11-12-13-15)7-4-2-6(3-5-7)8(16)9(17)18/h2-5,8,16H,1H3,(H,17,18)(H,11,13,19)/p-2. The van der Waals surface area contributed by atoms with Crippen LogP contribution in [0.3, 0.4) is 0 Å². The normalized spacial score (nSPS) is 12.1. The summed E-state index contributed by atoms with van der Waals surface area (Å²) in [6, 6.07) is 6.16. The first-order chi connectivity index (χ1) is 9.00. The Kier molecular flexibility index (Phi) is 3.58. The highest BCUT2D eigenvalue weighted by atomic mass is 32.1. The lowest BCUT2D eigenvalue weighted by atomic mass is 10.1. The van der Waals surface area contributed by atoms with Gasteiger partial charge in [0, 0.05) is 7.05 Å². The summed E-state index contributed by atoms with van der Waals surface area (Å²) < 4.78 is 0. The largest absolute Gasteiger partial charge is 0.736 e. The quantitative estimate of drug-likeness (QED) is 0.657. The number of tetrazole rings is 1. The number of carbonyl (C=O) groups is 1. The second-order valence-electron chi connectivity index (χ2n) is 3.69. The number of carbonyl (C=O) groups excluding carboxylic acids is 1. The number of aliphatic carboxylic acids is 1. The van der Waals surface area contributed by atoms with Crippen molar-refractivity contribution in [2.45, 2.75) is 11.3 Å². The molecule has 1 atom stereocenters. The molecule has 2 aromatic rings. The smallest absolute Gasteiger partial charge is 0.118 e. The van der Waals surface area contributed by atoms with Crippen LogP contribution in [0.2, 0.25) is 0 Å². The number of carboxylic acid groups (broad SMARTS) is 1. The third-order valence-electron chi connectivity index (χ3n) is 2.52. The van der Waals surface area contributed by atoms with E-state index < -0.39 is 12.1 Å². The summed E-state index contributed by atoms with van der Waals surface area (Å²) in [6.45, 7) is 0. The molecule has 9 heteroatoms. The van der Waals surface area contributed by atoms with Crippen LogP contribution in [0.5, 0.6) is 0 Å². The molecule has 0 amide bonds. The summed E-state index contributed by atoms with van der Waals surface area (Å²) >= 11 is 4.92. The molecule has 0 aliphatic rings. The third-order valence-corrected chi connectivity index (χ3v) is 2.76. The number of hydrogen-bond donors (Lipinski definition) is 1. The Morgan fingerprint density at radius 1 is 1.47 bits per heavy atom. The molecule has 1 heterocycles. The van der Waals surface area contributed by atoms with Crippen LogP contribution in [0.15, 0.2) is 29.4 Å². The first-order valence-corrected chi connectivity index (χ1v) is 5.60. The number of anilines is 1. The molecule has 0 spiro atoms. The van der Waals surface area contributed by atoms with Crippen LogP contribution in [0, 0.1) is 0 Å². The van der Waals surface area contributed by atoms with Crippen molar-refractivity contribution in [3.8, 4) is 0 Å². The highest BCUT2D eigenvalue weighted by molar-refractivity contribution is 7.58. The molecule has 1 N–H and O–H groups in total. The second kappa shape index (κ2) is 5.16. The van der Waals surface area contributed by atoms with Crippen molar-refractivity contribution in [1.82, 2.24) is 20.3 Å². The summed E-state index contributed by atoms with van der Waals surface area (Å²) in [4.78, 5) is 11.8. The van der Waals surface area contributed by atoms with Crippen molar-refractivity contribution in [2.75, 3.05) is 12.1 Å². The maximum atomic E-state index is 10.5. The van der Waals surface area contributed by atoms with Gasteiger partial charge in [-0.15, -0.1) is 5.10 Å². The fourth-order valence-electron chi connectivity index (χ4n) is 1.48. The Hall–Kier alpha value is -2.26. The third kappa shape index (κ3) is 2.61. The number of aromatic nitrogens is 4. The molecule has 0 radical (unpaired) electrons. The summed E-state index contributed by atoms with van der Waals surface area (Å²) in [5.41, 5.74) is 0.903. The molecule has 1 unspecified atom stereocenters. The van der Waals surface area contributed by atoms with Crippen LogP contribution in [0.25, 0.3) is 0 Å². The highest BCUT2D eigenvalue weighted by Gasteiger charge is 2.10. The zero-order chi connectivity index (χ0) is 14.0. The van der Waals surface area contributed by atoms with Crippen LogP contribution in [0.1, 0.15) is 11.7 Å². The van der Waals surface area contributed by atoms with Gasteiger partial charge >= 0.3 is 0 Å². The lowest BCUT2D eigenvalue weighted by molar-refractivity contribution is -0.315. The topological polar surface area (TPSA) is 107 Å². The first-order valence-electron chi connectivity index (χ1n) is 5.19. The number of hydrogen-bond acceptors (Lipinski definition) is 8. The van der Waals surface area contributed by atoms with Gasteiger partial charge in [0.2, 0.25) is 0 Å². The summed E-state index contributed by atoms with van der Waals surface area (Å²) in [7, 11) is 1.69. The number of carboxylic acids is 1. The van der Waals surface area contributed by atoms with Gasteiger partial charge in [-0.1, -0.05) is 12.1 Å². The van der Waals surface area contributed by atoms with Gasteiger partial charge in [-0.05, 0) is 28.1 Å². The summed E-state index contributed by atoms with van der Waals surface area (Å²) in [5, 5.41) is 32.3. The molecule has 0 aliphatic carbocycles. The Morgan fingerprint density at radius 3 is 2.58 bits per heavy atom. The second-order valence-corrected chi connectivity index (χ2v) is 4.05. The van der Waals surface area contributed by atoms with E-state index in [1.807, 2.05) is 0 Å². The predicted molar refractivity (Wildman–Crippen MR) is 63.7 cm³/mol. The number of aliphatic hydroxyl groups is 1. The summed E-state index contributed by atoms with van der Waals surface area (Å²) in [6.07, 6.45) is -1.65. The molecular weight excluding hydrogens is 270 g/mol. The molecule has 0 aliphatic heterocycles. The monoisotopic (exact) mass is 279 g/mol. The van der Waals surface area contributed by atoms with Gasteiger partial charge < -0.3 is 27.6 Å². The molecule has 0 saturated heterocycles. The Morgan fingerprint density at radius 2 is 2.11 bits per heavy atom. The molecule has 1 aromatic heterocycles. The van der Waals surface area contributed by atoms with Gasteiger partial charge in [0.25, 0.3) is 0 Å². The average molecular weight is 279 g/mol. The number of rotatable bonds is 4. The van der Waals surface area contributed by atoms with E-state index in [-0.39, 0.29) is 10.7 Å². The average Bonchev–Trinajstić information content (AvgIpc) is 2.83. The SMILES string of the molecule is CN(c1ccc(C(O)C(=O)[O-])cc1)n1nnnc1[S-]. The predicted octanol–water partition coefficient (Wildman–Crippen LogP) is -1.74. The number of nitrogens with zero attached hydrogens (tertiary/aromatic N) is 5. The zero-order valence-electron chi connectivity index (χ0n) is 9.79. The fraction of sp³-hybridized carbons (Fsp3) is 0.200. The van der Waals surface area contributed by atoms with Gasteiger partial charge in [-0.25, -0.2) is 0 Å². The van der Waals surface area contributed by atoms with Crippen LogP contribution in [-0.2, 0) is 17.4 Å². The van der Waals surface area contributed by atoms with Crippen LogP contribution >= 0.6 is 0 Å². The molecule has 0 bridgehead atoms. The minimum atomic E-state index is -1.65. The minimum Gasteiger partial charge on any atom is -0.736 e.